The van der Waals surface area contributed by atoms with Crippen molar-refractivity contribution in [2.45, 2.75) is 32.1 Å². The number of carbonyl (C=O) groups excluding carboxylic acids is 1. The molecule has 2 aromatic rings. The molecule has 0 unspecified atom stereocenters. The van der Waals surface area contributed by atoms with E-state index in [0.29, 0.717) is 11.7 Å². The number of aromatic nitrogens is 1. The normalized spacial score (nSPS) is 18.1. The van der Waals surface area contributed by atoms with E-state index < -0.39 is 5.41 Å². The smallest absolute Gasteiger partial charge is 0.233 e. The molecular weight excluding hydrogens is 270 g/mol. The highest BCUT2D eigenvalue weighted by Crippen LogP contribution is 2.37. The van der Waals surface area contributed by atoms with Gasteiger partial charge in [-0.15, -0.1) is 0 Å². The zero-order valence-electron chi connectivity index (χ0n) is 11.4. The van der Waals surface area contributed by atoms with Gasteiger partial charge in [0.05, 0.1) is 15.6 Å². The van der Waals surface area contributed by atoms with Gasteiger partial charge in [-0.1, -0.05) is 42.7 Å². The standard InChI is InChI=1S/C15H19N3OS/c16-10-15(8-4-1-5-9-15)13(19)18-14-17-11-6-2-3-7-12(11)20-14/h2-3,6-7H,1,4-5,8-10,16H2,(H,17,18,19). The Bertz CT molecular complexity index is 583. The number of nitrogens with zero attached hydrogens (tertiary/aromatic N) is 1. The lowest BCUT2D eigenvalue weighted by molar-refractivity contribution is -0.126. The van der Waals surface area contributed by atoms with Gasteiger partial charge in [-0.05, 0) is 25.0 Å². The Balaban J connectivity index is 1.80. The molecule has 4 nitrogen and oxygen atoms in total. The molecule has 0 aliphatic heterocycles. The summed E-state index contributed by atoms with van der Waals surface area (Å²) in [6, 6.07) is 7.91. The fraction of sp³-hybridized carbons (Fsp3) is 0.467. The number of hydrogen-bond acceptors (Lipinski definition) is 4. The predicted molar refractivity (Wildman–Crippen MR) is 82.8 cm³/mol. The van der Waals surface area contributed by atoms with Crippen LogP contribution < -0.4 is 11.1 Å². The van der Waals surface area contributed by atoms with Crippen molar-refractivity contribution in [3.05, 3.63) is 24.3 Å². The van der Waals surface area contributed by atoms with Gasteiger partial charge < -0.3 is 11.1 Å². The largest absolute Gasteiger partial charge is 0.329 e. The minimum atomic E-state index is -0.393. The van der Waals surface area contributed by atoms with Crippen LogP contribution >= 0.6 is 11.3 Å². The van der Waals surface area contributed by atoms with Crippen molar-refractivity contribution >= 4 is 32.6 Å². The third kappa shape index (κ3) is 2.43. The minimum absolute atomic E-state index is 0.0405. The molecule has 1 aliphatic carbocycles. The number of amides is 1. The summed E-state index contributed by atoms with van der Waals surface area (Å²) in [6.07, 6.45) is 5.16. The number of nitrogens with one attached hydrogen (secondary N) is 1. The van der Waals surface area contributed by atoms with Gasteiger partial charge in [0.2, 0.25) is 5.91 Å². The summed E-state index contributed by atoms with van der Waals surface area (Å²) in [6.45, 7) is 0.420. The Morgan fingerprint density at radius 1 is 1.30 bits per heavy atom. The molecule has 0 radical (unpaired) electrons. The Morgan fingerprint density at radius 3 is 2.75 bits per heavy atom. The molecule has 3 rings (SSSR count). The van der Waals surface area contributed by atoms with Crippen LogP contribution in [0.4, 0.5) is 5.13 Å². The molecule has 5 heteroatoms. The first-order chi connectivity index (χ1) is 9.73. The maximum atomic E-state index is 12.6. The van der Waals surface area contributed by atoms with E-state index in [9.17, 15) is 4.79 Å². The number of carbonyl (C=O) groups is 1. The Labute approximate surface area is 122 Å². The van der Waals surface area contributed by atoms with Gasteiger partial charge in [-0.3, -0.25) is 4.79 Å². The molecule has 1 fully saturated rings. The van der Waals surface area contributed by atoms with E-state index in [0.717, 1.165) is 35.9 Å². The Hall–Kier alpha value is -1.46. The first-order valence-corrected chi connectivity index (χ1v) is 7.92. The summed E-state index contributed by atoms with van der Waals surface area (Å²) in [4.78, 5) is 17.0. The van der Waals surface area contributed by atoms with Crippen LogP contribution in [0.15, 0.2) is 24.3 Å². The van der Waals surface area contributed by atoms with E-state index in [4.69, 9.17) is 5.73 Å². The fourth-order valence-corrected chi connectivity index (χ4v) is 3.77. The first kappa shape index (κ1) is 13.5. The molecule has 20 heavy (non-hydrogen) atoms. The van der Waals surface area contributed by atoms with Gasteiger partial charge in [0.1, 0.15) is 0 Å². The zero-order valence-corrected chi connectivity index (χ0v) is 12.2. The van der Waals surface area contributed by atoms with Crippen LogP contribution in [0.2, 0.25) is 0 Å². The van der Waals surface area contributed by atoms with Gasteiger partial charge in [-0.2, -0.15) is 0 Å². The van der Waals surface area contributed by atoms with Crippen molar-refractivity contribution in [2.75, 3.05) is 11.9 Å². The van der Waals surface area contributed by atoms with Gasteiger partial charge in [0.25, 0.3) is 0 Å². The highest BCUT2D eigenvalue weighted by atomic mass is 32.1. The van der Waals surface area contributed by atoms with Gasteiger partial charge in [0.15, 0.2) is 5.13 Å². The van der Waals surface area contributed by atoms with Crippen LogP contribution in [0.1, 0.15) is 32.1 Å². The second-order valence-electron chi connectivity index (χ2n) is 5.49. The Morgan fingerprint density at radius 2 is 2.05 bits per heavy atom. The van der Waals surface area contributed by atoms with Crippen molar-refractivity contribution in [1.82, 2.24) is 4.98 Å². The van der Waals surface area contributed by atoms with E-state index >= 15 is 0 Å². The van der Waals surface area contributed by atoms with Crippen LogP contribution in [-0.2, 0) is 4.79 Å². The van der Waals surface area contributed by atoms with E-state index in [1.165, 1.54) is 17.8 Å². The number of benzene rings is 1. The summed E-state index contributed by atoms with van der Waals surface area (Å²) in [5.74, 6) is 0.0405. The van der Waals surface area contributed by atoms with Crippen LogP contribution in [0.5, 0.6) is 0 Å². The van der Waals surface area contributed by atoms with E-state index in [1.807, 2.05) is 24.3 Å². The molecule has 1 aromatic heterocycles. The van der Waals surface area contributed by atoms with Crippen LogP contribution in [-0.4, -0.2) is 17.4 Å². The molecule has 0 saturated heterocycles. The lowest BCUT2D eigenvalue weighted by Gasteiger charge is -2.34. The third-order valence-electron chi connectivity index (χ3n) is 4.20. The second kappa shape index (κ2) is 5.50. The maximum absolute atomic E-state index is 12.6. The second-order valence-corrected chi connectivity index (χ2v) is 6.52. The molecule has 0 atom stereocenters. The van der Waals surface area contributed by atoms with Crippen molar-refractivity contribution in [3.63, 3.8) is 0 Å². The Kier molecular flexibility index (Phi) is 3.72. The lowest BCUT2D eigenvalue weighted by atomic mass is 9.73. The number of fused-ring (bicyclic) bond motifs is 1. The summed E-state index contributed by atoms with van der Waals surface area (Å²) in [7, 11) is 0. The average molecular weight is 289 g/mol. The number of hydrogen-bond donors (Lipinski definition) is 2. The third-order valence-corrected chi connectivity index (χ3v) is 5.15. The van der Waals surface area contributed by atoms with Crippen molar-refractivity contribution in [2.24, 2.45) is 11.1 Å². The van der Waals surface area contributed by atoms with Crippen LogP contribution in [0.25, 0.3) is 10.2 Å². The number of para-hydroxylation sites is 1. The van der Waals surface area contributed by atoms with Crippen molar-refractivity contribution in [3.8, 4) is 0 Å². The molecule has 0 bridgehead atoms. The number of anilines is 1. The van der Waals surface area contributed by atoms with Gasteiger partial charge >= 0.3 is 0 Å². The summed E-state index contributed by atoms with van der Waals surface area (Å²) in [5, 5.41) is 3.66. The monoisotopic (exact) mass is 289 g/mol. The van der Waals surface area contributed by atoms with E-state index in [-0.39, 0.29) is 5.91 Å². The van der Waals surface area contributed by atoms with E-state index in [1.54, 1.807) is 0 Å². The van der Waals surface area contributed by atoms with Crippen LogP contribution in [0.3, 0.4) is 0 Å². The first-order valence-electron chi connectivity index (χ1n) is 7.11. The summed E-state index contributed by atoms with van der Waals surface area (Å²) < 4.78 is 1.09. The predicted octanol–water partition coefficient (Wildman–Crippen LogP) is 3.14. The molecule has 1 saturated carbocycles. The maximum Gasteiger partial charge on any atom is 0.233 e. The minimum Gasteiger partial charge on any atom is -0.329 e. The van der Waals surface area contributed by atoms with Gasteiger partial charge in [-0.25, -0.2) is 4.98 Å². The topological polar surface area (TPSA) is 68.0 Å². The van der Waals surface area contributed by atoms with Crippen LogP contribution in [0, 0.1) is 5.41 Å². The lowest BCUT2D eigenvalue weighted by Crippen LogP contribution is -2.43. The molecule has 0 spiro atoms. The summed E-state index contributed by atoms with van der Waals surface area (Å²) in [5.41, 5.74) is 6.43. The highest BCUT2D eigenvalue weighted by molar-refractivity contribution is 7.22. The number of rotatable bonds is 3. The van der Waals surface area contributed by atoms with E-state index in [2.05, 4.69) is 10.3 Å². The van der Waals surface area contributed by atoms with Crippen molar-refractivity contribution in [1.29, 1.82) is 0 Å². The molecule has 106 valence electrons. The molecule has 1 aliphatic rings. The summed E-state index contributed by atoms with van der Waals surface area (Å²) >= 11 is 1.51. The molecule has 1 heterocycles. The average Bonchev–Trinajstić information content (AvgIpc) is 2.90. The fourth-order valence-electron chi connectivity index (χ4n) is 2.91. The van der Waals surface area contributed by atoms with Gasteiger partial charge in [0, 0.05) is 6.54 Å². The van der Waals surface area contributed by atoms with Crippen molar-refractivity contribution < 1.29 is 4.79 Å². The SMILES string of the molecule is NCC1(C(=O)Nc2nc3ccccc3s2)CCCCC1. The molecular formula is C15H19N3OS. The quantitative estimate of drug-likeness (QED) is 0.912. The number of thiazole rings is 1. The molecule has 3 N–H and O–H groups in total. The molecule has 1 aromatic carbocycles. The number of nitrogens with two attached hydrogens (primary N) is 1. The molecule has 1 amide bonds. The highest BCUT2D eigenvalue weighted by Gasteiger charge is 2.38. The zero-order chi connectivity index (χ0) is 14.0.